The summed E-state index contributed by atoms with van der Waals surface area (Å²) in [6.45, 7) is 3.86. The summed E-state index contributed by atoms with van der Waals surface area (Å²) < 4.78 is 22.7. The Labute approximate surface area is 136 Å². The number of carbonyl (C=O) groups is 2. The van der Waals surface area contributed by atoms with Crippen LogP contribution >= 0.6 is 0 Å². The summed E-state index contributed by atoms with van der Waals surface area (Å²) in [5.41, 5.74) is 2.11. The molecule has 0 spiro atoms. The number of nitrogens with one attached hydrogen (secondary N) is 2. The number of carbonyl (C=O) groups excluding carboxylic acids is 2. The van der Waals surface area contributed by atoms with Crippen LogP contribution in [0, 0.1) is 0 Å². The van der Waals surface area contributed by atoms with Gasteiger partial charge in [0.15, 0.2) is 9.84 Å². The van der Waals surface area contributed by atoms with E-state index < -0.39 is 27.7 Å². The summed E-state index contributed by atoms with van der Waals surface area (Å²) in [6.07, 6.45) is 1.29. The third kappa shape index (κ3) is 4.79. The van der Waals surface area contributed by atoms with Gasteiger partial charge in [-0.1, -0.05) is 31.2 Å². The minimum Gasteiger partial charge on any atom is -0.344 e. The van der Waals surface area contributed by atoms with Crippen molar-refractivity contribution in [2.45, 2.75) is 38.8 Å². The van der Waals surface area contributed by atoms with Gasteiger partial charge in [0.05, 0.1) is 17.5 Å². The quantitative estimate of drug-likeness (QED) is 0.792. The third-order valence-corrected chi connectivity index (χ3v) is 5.78. The molecule has 1 aromatic rings. The Morgan fingerprint density at radius 1 is 1.22 bits per heavy atom. The van der Waals surface area contributed by atoms with Crippen LogP contribution < -0.4 is 10.6 Å². The molecule has 1 aliphatic rings. The molecule has 23 heavy (non-hydrogen) atoms. The van der Waals surface area contributed by atoms with Crippen molar-refractivity contribution < 1.29 is 18.0 Å². The van der Waals surface area contributed by atoms with E-state index in [1.54, 1.807) is 6.92 Å². The molecule has 2 rings (SSSR count). The Kier molecular flexibility index (Phi) is 5.41. The minimum atomic E-state index is -3.09. The van der Waals surface area contributed by atoms with Gasteiger partial charge in [0.1, 0.15) is 0 Å². The molecule has 7 heteroatoms. The minimum absolute atomic E-state index is 0.0553. The number of hydrogen-bond acceptors (Lipinski definition) is 4. The van der Waals surface area contributed by atoms with E-state index in [1.165, 1.54) is 5.56 Å². The van der Waals surface area contributed by atoms with Crippen molar-refractivity contribution in [3.63, 3.8) is 0 Å². The number of sulfone groups is 1. The fraction of sp³-hybridized carbons (Fsp3) is 0.500. The van der Waals surface area contributed by atoms with Crippen LogP contribution in [0.1, 0.15) is 37.4 Å². The van der Waals surface area contributed by atoms with Crippen molar-refractivity contribution in [2.24, 2.45) is 0 Å². The van der Waals surface area contributed by atoms with E-state index in [-0.39, 0.29) is 17.5 Å². The lowest BCUT2D eigenvalue weighted by molar-refractivity contribution is -0.139. The highest BCUT2D eigenvalue weighted by Crippen LogP contribution is 2.14. The first kappa shape index (κ1) is 17.5. The van der Waals surface area contributed by atoms with E-state index in [2.05, 4.69) is 17.6 Å². The van der Waals surface area contributed by atoms with Crippen molar-refractivity contribution in [3.05, 3.63) is 35.4 Å². The lowest BCUT2D eigenvalue weighted by atomic mass is 10.0. The molecule has 2 unspecified atom stereocenters. The Morgan fingerprint density at radius 2 is 1.87 bits per heavy atom. The van der Waals surface area contributed by atoms with E-state index in [9.17, 15) is 18.0 Å². The molecule has 2 N–H and O–H groups in total. The van der Waals surface area contributed by atoms with Crippen molar-refractivity contribution in [1.82, 2.24) is 10.6 Å². The average Bonchev–Trinajstić information content (AvgIpc) is 2.86. The Hall–Kier alpha value is -1.89. The maximum absolute atomic E-state index is 11.9. The number of rotatable bonds is 4. The van der Waals surface area contributed by atoms with E-state index in [0.29, 0.717) is 6.42 Å². The Balaban J connectivity index is 1.88. The fourth-order valence-electron chi connectivity index (χ4n) is 2.55. The zero-order valence-electron chi connectivity index (χ0n) is 13.3. The molecule has 1 saturated heterocycles. The molecule has 0 radical (unpaired) electrons. The van der Waals surface area contributed by atoms with Crippen LogP contribution in [-0.4, -0.2) is 37.8 Å². The molecule has 6 nitrogen and oxygen atoms in total. The van der Waals surface area contributed by atoms with Crippen LogP contribution in [0.2, 0.25) is 0 Å². The van der Waals surface area contributed by atoms with Gasteiger partial charge < -0.3 is 10.6 Å². The first-order valence-electron chi connectivity index (χ1n) is 7.71. The first-order valence-corrected chi connectivity index (χ1v) is 9.53. The topological polar surface area (TPSA) is 92.3 Å². The summed E-state index contributed by atoms with van der Waals surface area (Å²) >= 11 is 0. The number of amides is 2. The summed E-state index contributed by atoms with van der Waals surface area (Å²) in [6, 6.07) is 7.04. The van der Waals surface area contributed by atoms with Gasteiger partial charge >= 0.3 is 11.8 Å². The van der Waals surface area contributed by atoms with Crippen LogP contribution in [0.5, 0.6) is 0 Å². The van der Waals surface area contributed by atoms with Crippen LogP contribution in [-0.2, 0) is 25.8 Å². The predicted molar refractivity (Wildman–Crippen MR) is 87.6 cm³/mol. The van der Waals surface area contributed by atoms with Crippen LogP contribution in [0.15, 0.2) is 24.3 Å². The lowest BCUT2D eigenvalue weighted by Crippen LogP contribution is -2.45. The van der Waals surface area contributed by atoms with Crippen molar-refractivity contribution in [2.75, 3.05) is 11.5 Å². The average molecular weight is 338 g/mol. The number of aryl methyl sites for hydroxylation is 1. The molecule has 1 heterocycles. The summed E-state index contributed by atoms with van der Waals surface area (Å²) in [5.74, 6) is -1.58. The Bertz CT molecular complexity index is 683. The van der Waals surface area contributed by atoms with E-state index in [4.69, 9.17) is 0 Å². The normalized spacial score (nSPS) is 20.7. The number of hydrogen-bond donors (Lipinski definition) is 2. The molecule has 2 amide bonds. The zero-order chi connectivity index (χ0) is 17.0. The molecule has 1 aliphatic heterocycles. The molecule has 1 aromatic carbocycles. The Morgan fingerprint density at radius 3 is 2.39 bits per heavy atom. The highest BCUT2D eigenvalue weighted by Gasteiger charge is 2.30. The maximum atomic E-state index is 11.9. The van der Waals surface area contributed by atoms with Crippen molar-refractivity contribution in [1.29, 1.82) is 0 Å². The monoisotopic (exact) mass is 338 g/mol. The highest BCUT2D eigenvalue weighted by atomic mass is 32.2. The maximum Gasteiger partial charge on any atom is 0.309 e. The van der Waals surface area contributed by atoms with Gasteiger partial charge in [-0.05, 0) is 30.9 Å². The molecular formula is C16H22N2O4S. The molecule has 0 aliphatic carbocycles. The highest BCUT2D eigenvalue weighted by molar-refractivity contribution is 7.91. The van der Waals surface area contributed by atoms with Crippen molar-refractivity contribution >= 4 is 21.7 Å². The predicted octanol–water partition coefficient (Wildman–Crippen LogP) is 0.730. The van der Waals surface area contributed by atoms with Gasteiger partial charge in [0, 0.05) is 6.04 Å². The summed E-state index contributed by atoms with van der Waals surface area (Å²) in [5, 5.41) is 5.11. The molecule has 0 bridgehead atoms. The van der Waals surface area contributed by atoms with Gasteiger partial charge in [0.2, 0.25) is 0 Å². The third-order valence-electron chi connectivity index (χ3n) is 4.01. The molecule has 0 saturated carbocycles. The van der Waals surface area contributed by atoms with Gasteiger partial charge in [-0.25, -0.2) is 8.42 Å². The molecule has 1 fully saturated rings. The first-order chi connectivity index (χ1) is 10.8. The largest absolute Gasteiger partial charge is 0.344 e. The van der Waals surface area contributed by atoms with E-state index >= 15 is 0 Å². The lowest BCUT2D eigenvalue weighted by Gasteiger charge is -2.16. The van der Waals surface area contributed by atoms with Gasteiger partial charge in [-0.3, -0.25) is 9.59 Å². The summed E-state index contributed by atoms with van der Waals surface area (Å²) in [7, 11) is -3.09. The SMILES string of the molecule is CCc1ccc(C(C)NC(=O)C(=O)NC2CCS(=O)(=O)C2)cc1. The summed E-state index contributed by atoms with van der Waals surface area (Å²) in [4.78, 5) is 23.8. The number of benzene rings is 1. The standard InChI is InChI=1S/C16H22N2O4S/c1-3-12-4-6-13(7-5-12)11(2)17-15(19)16(20)18-14-8-9-23(21,22)10-14/h4-7,11,14H,3,8-10H2,1-2H3,(H,17,19)(H,18,20). The second-order valence-corrected chi connectivity index (χ2v) is 8.09. The molecule has 2 atom stereocenters. The van der Waals surface area contributed by atoms with E-state index in [0.717, 1.165) is 12.0 Å². The molecule has 0 aromatic heterocycles. The van der Waals surface area contributed by atoms with Crippen LogP contribution in [0.3, 0.4) is 0 Å². The fourth-order valence-corrected chi connectivity index (χ4v) is 4.22. The van der Waals surface area contributed by atoms with Crippen LogP contribution in [0.4, 0.5) is 0 Å². The molecule has 126 valence electrons. The van der Waals surface area contributed by atoms with Crippen LogP contribution in [0.25, 0.3) is 0 Å². The zero-order valence-corrected chi connectivity index (χ0v) is 14.2. The molecular weight excluding hydrogens is 316 g/mol. The second-order valence-electron chi connectivity index (χ2n) is 5.86. The smallest absolute Gasteiger partial charge is 0.309 e. The van der Waals surface area contributed by atoms with E-state index in [1.807, 2.05) is 24.3 Å². The van der Waals surface area contributed by atoms with Gasteiger partial charge in [0.25, 0.3) is 0 Å². The van der Waals surface area contributed by atoms with Gasteiger partial charge in [-0.15, -0.1) is 0 Å². The van der Waals surface area contributed by atoms with Crippen molar-refractivity contribution in [3.8, 4) is 0 Å². The van der Waals surface area contributed by atoms with Gasteiger partial charge in [-0.2, -0.15) is 0 Å². The second kappa shape index (κ2) is 7.12.